The normalized spacial score (nSPS) is 17.3. The van der Waals surface area contributed by atoms with Crippen molar-refractivity contribution in [3.63, 3.8) is 0 Å². The topological polar surface area (TPSA) is 49.3 Å². The molecule has 5 heteroatoms. The fraction of sp³-hybridized carbons (Fsp3) is 0.600. The Balaban J connectivity index is 2.48. The first-order valence-electron chi connectivity index (χ1n) is 5.14. The van der Waals surface area contributed by atoms with E-state index in [4.69, 9.17) is 0 Å². The lowest BCUT2D eigenvalue weighted by atomic mass is 10.2. The lowest BCUT2D eigenvalue weighted by Crippen LogP contribution is -2.23. The molecule has 2 atom stereocenters. The Labute approximate surface area is 95.0 Å². The molecule has 15 heavy (non-hydrogen) atoms. The third-order valence-electron chi connectivity index (χ3n) is 2.12. The number of hydrogen-bond donors (Lipinski definition) is 2. The van der Waals surface area contributed by atoms with Gasteiger partial charge in [-0.3, -0.25) is 4.57 Å². The fourth-order valence-corrected chi connectivity index (χ4v) is 3.91. The zero-order chi connectivity index (χ0) is 11.3. The van der Waals surface area contributed by atoms with Gasteiger partial charge < -0.3 is 4.89 Å². The fourth-order valence-electron chi connectivity index (χ4n) is 1.52. The summed E-state index contributed by atoms with van der Waals surface area (Å²) in [5, 5.41) is 6.64. The van der Waals surface area contributed by atoms with Gasteiger partial charge in [-0.05, 0) is 35.7 Å². The number of nitrogens with one attached hydrogen (secondary N) is 1. The minimum absolute atomic E-state index is 0.101. The molecule has 2 unspecified atom stereocenters. The second-order valence-corrected chi connectivity index (χ2v) is 6.57. The van der Waals surface area contributed by atoms with E-state index in [1.54, 1.807) is 11.3 Å². The molecule has 0 aliphatic heterocycles. The molecule has 0 spiro atoms. The van der Waals surface area contributed by atoms with Gasteiger partial charge in [0.15, 0.2) is 0 Å². The summed E-state index contributed by atoms with van der Waals surface area (Å²) in [6.45, 7) is 4.01. The zero-order valence-corrected chi connectivity index (χ0v) is 10.9. The van der Waals surface area contributed by atoms with Crippen molar-refractivity contribution in [3.05, 3.63) is 22.4 Å². The SMILES string of the molecule is CCCC(C)NP(=O)(O)Cc1ccsc1. The first-order chi connectivity index (χ1) is 7.03. The Morgan fingerprint density at radius 3 is 2.93 bits per heavy atom. The van der Waals surface area contributed by atoms with Crippen LogP contribution >= 0.6 is 18.9 Å². The van der Waals surface area contributed by atoms with Crippen LogP contribution in [0.2, 0.25) is 0 Å². The van der Waals surface area contributed by atoms with Crippen LogP contribution in [-0.4, -0.2) is 10.9 Å². The van der Waals surface area contributed by atoms with Gasteiger partial charge >= 0.3 is 0 Å². The Bertz CT molecular complexity index is 326. The molecular weight excluding hydrogens is 229 g/mol. The number of thiophene rings is 1. The number of rotatable bonds is 6. The Morgan fingerprint density at radius 1 is 1.67 bits per heavy atom. The molecule has 1 aromatic heterocycles. The molecule has 0 aliphatic carbocycles. The zero-order valence-electron chi connectivity index (χ0n) is 9.14. The van der Waals surface area contributed by atoms with Crippen molar-refractivity contribution >= 4 is 18.9 Å². The standard InChI is InChI=1S/C10H18NO2PS/c1-3-4-9(2)11-14(12,13)7-10-5-6-15-8-10/h5-6,8-9H,3-4,7H2,1-2H3,(H2,11,12,13). The maximum Gasteiger partial charge on any atom is 0.271 e. The molecule has 2 N–H and O–H groups in total. The van der Waals surface area contributed by atoms with Gasteiger partial charge in [0.05, 0.1) is 6.16 Å². The van der Waals surface area contributed by atoms with Gasteiger partial charge in [0, 0.05) is 6.04 Å². The van der Waals surface area contributed by atoms with Gasteiger partial charge in [0.25, 0.3) is 7.52 Å². The second kappa shape index (κ2) is 5.80. The van der Waals surface area contributed by atoms with E-state index in [1.807, 2.05) is 23.8 Å². The van der Waals surface area contributed by atoms with Crippen LogP contribution in [0.4, 0.5) is 0 Å². The highest BCUT2D eigenvalue weighted by Crippen LogP contribution is 2.41. The highest BCUT2D eigenvalue weighted by atomic mass is 32.1. The van der Waals surface area contributed by atoms with Crippen LogP contribution in [0.1, 0.15) is 32.3 Å². The molecule has 1 rings (SSSR count). The Hall–Kier alpha value is -0.150. The van der Waals surface area contributed by atoms with Crippen LogP contribution in [0.25, 0.3) is 0 Å². The van der Waals surface area contributed by atoms with Crippen molar-refractivity contribution in [2.45, 2.75) is 38.9 Å². The maximum atomic E-state index is 11.8. The van der Waals surface area contributed by atoms with Gasteiger partial charge in [-0.2, -0.15) is 11.3 Å². The average molecular weight is 247 g/mol. The summed E-state index contributed by atoms with van der Waals surface area (Å²) in [5.74, 6) is 0. The molecule has 0 amide bonds. The number of hydrogen-bond acceptors (Lipinski definition) is 2. The van der Waals surface area contributed by atoms with Crippen molar-refractivity contribution in [2.24, 2.45) is 0 Å². The molecule has 1 heterocycles. The van der Waals surface area contributed by atoms with Crippen LogP contribution in [-0.2, 0) is 10.7 Å². The molecule has 0 aliphatic rings. The van der Waals surface area contributed by atoms with Gasteiger partial charge in [0.1, 0.15) is 0 Å². The molecule has 0 radical (unpaired) electrons. The van der Waals surface area contributed by atoms with Crippen molar-refractivity contribution in [2.75, 3.05) is 0 Å². The van der Waals surface area contributed by atoms with Gasteiger partial charge in [0.2, 0.25) is 0 Å². The van der Waals surface area contributed by atoms with Crippen LogP contribution in [0.3, 0.4) is 0 Å². The predicted octanol–water partition coefficient (Wildman–Crippen LogP) is 3.21. The summed E-state index contributed by atoms with van der Waals surface area (Å²) in [7, 11) is -3.21. The molecular formula is C10H18NO2PS. The summed E-state index contributed by atoms with van der Waals surface area (Å²) >= 11 is 1.55. The highest BCUT2D eigenvalue weighted by molar-refractivity contribution is 7.55. The first-order valence-corrected chi connectivity index (χ1v) is 7.93. The van der Waals surface area contributed by atoms with Crippen molar-refractivity contribution in [3.8, 4) is 0 Å². The summed E-state index contributed by atoms with van der Waals surface area (Å²) in [6, 6.07) is 1.99. The van der Waals surface area contributed by atoms with Crippen LogP contribution < -0.4 is 5.09 Å². The monoisotopic (exact) mass is 247 g/mol. The van der Waals surface area contributed by atoms with Crippen molar-refractivity contribution in [1.82, 2.24) is 5.09 Å². The molecule has 0 fully saturated rings. The lowest BCUT2D eigenvalue weighted by molar-refractivity contribution is 0.444. The third kappa shape index (κ3) is 4.94. The van der Waals surface area contributed by atoms with E-state index in [0.29, 0.717) is 0 Å². The Kier molecular flexibility index (Phi) is 5.00. The van der Waals surface area contributed by atoms with Crippen LogP contribution in [0.15, 0.2) is 16.8 Å². The van der Waals surface area contributed by atoms with Crippen molar-refractivity contribution in [1.29, 1.82) is 0 Å². The quantitative estimate of drug-likeness (QED) is 0.759. The van der Waals surface area contributed by atoms with Gasteiger partial charge in [-0.1, -0.05) is 13.3 Å². The van der Waals surface area contributed by atoms with E-state index < -0.39 is 7.52 Å². The second-order valence-electron chi connectivity index (χ2n) is 3.81. The van der Waals surface area contributed by atoms with E-state index in [2.05, 4.69) is 12.0 Å². The lowest BCUT2D eigenvalue weighted by Gasteiger charge is -2.18. The predicted molar refractivity (Wildman–Crippen MR) is 65.4 cm³/mol. The molecule has 0 saturated carbocycles. The van der Waals surface area contributed by atoms with Crippen molar-refractivity contribution < 1.29 is 9.46 Å². The summed E-state index contributed by atoms with van der Waals surface area (Å²) in [6.07, 6.45) is 2.17. The Morgan fingerprint density at radius 2 is 2.40 bits per heavy atom. The van der Waals surface area contributed by atoms with E-state index in [9.17, 15) is 9.46 Å². The minimum Gasteiger partial charge on any atom is -0.333 e. The highest BCUT2D eigenvalue weighted by Gasteiger charge is 2.20. The molecule has 86 valence electrons. The van der Waals surface area contributed by atoms with Gasteiger partial charge in [-0.15, -0.1) is 0 Å². The van der Waals surface area contributed by atoms with E-state index in [-0.39, 0.29) is 12.2 Å². The van der Waals surface area contributed by atoms with E-state index in [0.717, 1.165) is 18.4 Å². The molecule has 0 bridgehead atoms. The molecule has 0 saturated heterocycles. The van der Waals surface area contributed by atoms with Crippen LogP contribution in [0, 0.1) is 0 Å². The smallest absolute Gasteiger partial charge is 0.271 e. The molecule has 0 aromatic carbocycles. The summed E-state index contributed by atoms with van der Waals surface area (Å²) in [4.78, 5) is 9.73. The van der Waals surface area contributed by atoms with E-state index in [1.165, 1.54) is 0 Å². The largest absolute Gasteiger partial charge is 0.333 e. The van der Waals surface area contributed by atoms with Crippen LogP contribution in [0.5, 0.6) is 0 Å². The maximum absolute atomic E-state index is 11.8. The molecule has 1 aromatic rings. The van der Waals surface area contributed by atoms with E-state index >= 15 is 0 Å². The third-order valence-corrected chi connectivity index (χ3v) is 4.49. The summed E-state index contributed by atoms with van der Waals surface area (Å²) < 4.78 is 11.8. The summed E-state index contributed by atoms with van der Waals surface area (Å²) in [5.41, 5.74) is 0.932. The van der Waals surface area contributed by atoms with Gasteiger partial charge in [-0.25, -0.2) is 5.09 Å². The molecule has 3 nitrogen and oxygen atoms in total. The average Bonchev–Trinajstić information content (AvgIpc) is 2.54. The minimum atomic E-state index is -3.21. The first kappa shape index (κ1) is 12.9.